The molecule has 0 radical (unpaired) electrons. The lowest BCUT2D eigenvalue weighted by Crippen LogP contribution is -2.44. The Morgan fingerprint density at radius 2 is 2.03 bits per heavy atom. The van der Waals surface area contributed by atoms with Crippen molar-refractivity contribution < 1.29 is 19.1 Å². The van der Waals surface area contributed by atoms with Crippen molar-refractivity contribution in [2.45, 2.75) is 64.8 Å². The van der Waals surface area contributed by atoms with Crippen molar-refractivity contribution in [2.75, 3.05) is 25.0 Å². The molecular formula is C19H29N5O4S. The van der Waals surface area contributed by atoms with Crippen molar-refractivity contribution >= 4 is 34.3 Å². The third-order valence-corrected chi connectivity index (χ3v) is 5.72. The highest BCUT2D eigenvalue weighted by molar-refractivity contribution is 7.13. The third-order valence-electron chi connectivity index (χ3n) is 4.91. The minimum Gasteiger partial charge on any atom is -0.373 e. The quantitative estimate of drug-likeness (QED) is 0.648. The van der Waals surface area contributed by atoms with Crippen LogP contribution in [0.1, 0.15) is 46.2 Å². The van der Waals surface area contributed by atoms with E-state index in [2.05, 4.69) is 34.4 Å². The van der Waals surface area contributed by atoms with Gasteiger partial charge in [0.2, 0.25) is 5.91 Å². The van der Waals surface area contributed by atoms with Gasteiger partial charge in [-0.25, -0.2) is 9.78 Å². The van der Waals surface area contributed by atoms with Crippen LogP contribution in [0.15, 0.2) is 5.38 Å². The SMILES string of the molecule is C[C@@H]1CN(Cc2csc(NC(=O)CCCN3C(=O)NC(C)(C)C3=O)n2)C[C@H](C)O1. The third kappa shape index (κ3) is 5.52. The van der Waals surface area contributed by atoms with Gasteiger partial charge in [0.05, 0.1) is 17.9 Å². The van der Waals surface area contributed by atoms with Crippen LogP contribution in [-0.4, -0.2) is 70.0 Å². The number of carbonyl (C=O) groups excluding carboxylic acids is 3. The van der Waals surface area contributed by atoms with Crippen LogP contribution in [0.5, 0.6) is 0 Å². The van der Waals surface area contributed by atoms with Crippen molar-refractivity contribution in [3.05, 3.63) is 11.1 Å². The topological polar surface area (TPSA) is 104 Å². The average molecular weight is 424 g/mol. The molecule has 2 saturated heterocycles. The number of aromatic nitrogens is 1. The van der Waals surface area contributed by atoms with Crippen LogP contribution in [0, 0.1) is 0 Å². The fourth-order valence-electron chi connectivity index (χ4n) is 3.68. The molecule has 2 atom stereocenters. The molecule has 4 amide bonds. The molecule has 0 aromatic carbocycles. The first kappa shape index (κ1) is 21.7. The van der Waals surface area contributed by atoms with Crippen LogP contribution >= 0.6 is 11.3 Å². The van der Waals surface area contributed by atoms with Crippen molar-refractivity contribution in [1.82, 2.24) is 20.1 Å². The van der Waals surface area contributed by atoms with Crippen molar-refractivity contribution in [3.8, 4) is 0 Å². The molecule has 0 unspecified atom stereocenters. The molecular weight excluding hydrogens is 394 g/mol. The molecule has 2 aliphatic rings. The largest absolute Gasteiger partial charge is 0.373 e. The molecule has 10 heteroatoms. The number of nitrogens with zero attached hydrogens (tertiary/aromatic N) is 3. The van der Waals surface area contributed by atoms with Gasteiger partial charge in [-0.2, -0.15) is 0 Å². The standard InChI is InChI=1S/C19H29N5O4S/c1-12-8-23(9-13(2)28-12)10-14-11-29-17(20-14)21-15(25)6-5-7-24-16(26)19(3,4)22-18(24)27/h11-13H,5-10H2,1-4H3,(H,22,27)(H,20,21,25)/t12-,13+. The summed E-state index contributed by atoms with van der Waals surface area (Å²) in [5.41, 5.74) is 0.0420. The van der Waals surface area contributed by atoms with Gasteiger partial charge >= 0.3 is 6.03 Å². The van der Waals surface area contributed by atoms with Crippen LogP contribution in [0.3, 0.4) is 0 Å². The van der Waals surface area contributed by atoms with Crippen LogP contribution < -0.4 is 10.6 Å². The molecule has 2 N–H and O–H groups in total. The van der Waals surface area contributed by atoms with Gasteiger partial charge in [0.1, 0.15) is 5.54 Å². The number of thiazole rings is 1. The maximum atomic E-state index is 12.2. The second-order valence-electron chi connectivity index (χ2n) is 8.26. The van der Waals surface area contributed by atoms with E-state index in [0.29, 0.717) is 11.6 Å². The molecule has 9 nitrogen and oxygen atoms in total. The Bertz CT molecular complexity index is 770. The van der Waals surface area contributed by atoms with E-state index in [-0.39, 0.29) is 37.0 Å². The second-order valence-corrected chi connectivity index (χ2v) is 9.12. The summed E-state index contributed by atoms with van der Waals surface area (Å²) in [7, 11) is 0. The van der Waals surface area contributed by atoms with Gasteiger partial charge in [0, 0.05) is 38.0 Å². The van der Waals surface area contributed by atoms with Crippen molar-refractivity contribution in [3.63, 3.8) is 0 Å². The molecule has 0 bridgehead atoms. The predicted molar refractivity (Wildman–Crippen MR) is 110 cm³/mol. The Morgan fingerprint density at radius 1 is 1.34 bits per heavy atom. The van der Waals surface area contributed by atoms with Gasteiger partial charge in [0.15, 0.2) is 5.13 Å². The van der Waals surface area contributed by atoms with Crippen LogP contribution in [0.4, 0.5) is 9.93 Å². The van der Waals surface area contributed by atoms with Gasteiger partial charge in [-0.15, -0.1) is 11.3 Å². The number of hydrogen-bond acceptors (Lipinski definition) is 7. The Hall–Kier alpha value is -2.04. The van der Waals surface area contributed by atoms with E-state index >= 15 is 0 Å². The lowest BCUT2D eigenvalue weighted by Gasteiger charge is -2.34. The summed E-state index contributed by atoms with van der Waals surface area (Å²) in [6, 6.07) is -0.406. The zero-order chi connectivity index (χ0) is 21.2. The number of rotatable bonds is 7. The monoisotopic (exact) mass is 423 g/mol. The van der Waals surface area contributed by atoms with Crippen molar-refractivity contribution in [1.29, 1.82) is 0 Å². The molecule has 1 aromatic rings. The molecule has 1 aromatic heterocycles. The Balaban J connectivity index is 1.42. The fraction of sp³-hybridized carbons (Fsp3) is 0.684. The number of hydrogen-bond donors (Lipinski definition) is 2. The number of ether oxygens (including phenoxy) is 1. The lowest BCUT2D eigenvalue weighted by molar-refractivity contribution is -0.130. The Kier molecular flexibility index (Phi) is 6.55. The number of nitrogens with one attached hydrogen (secondary N) is 2. The molecule has 2 fully saturated rings. The molecule has 3 rings (SSSR count). The first-order valence-electron chi connectivity index (χ1n) is 9.90. The van der Waals surface area contributed by atoms with E-state index in [9.17, 15) is 14.4 Å². The maximum absolute atomic E-state index is 12.2. The molecule has 0 saturated carbocycles. The van der Waals surface area contributed by atoms with E-state index in [4.69, 9.17) is 4.74 Å². The Morgan fingerprint density at radius 3 is 2.66 bits per heavy atom. The Labute approximate surface area is 174 Å². The molecule has 0 spiro atoms. The summed E-state index contributed by atoms with van der Waals surface area (Å²) in [6.07, 6.45) is 1.02. The van der Waals surface area contributed by atoms with Crippen LogP contribution in [-0.2, 0) is 20.9 Å². The summed E-state index contributed by atoms with van der Waals surface area (Å²) in [5, 5.41) is 7.95. The van der Waals surface area contributed by atoms with Gasteiger partial charge in [0.25, 0.3) is 5.91 Å². The number of anilines is 1. The minimum atomic E-state index is -0.882. The second kappa shape index (κ2) is 8.76. The predicted octanol–water partition coefficient (Wildman–Crippen LogP) is 1.80. The molecule has 29 heavy (non-hydrogen) atoms. The molecule has 2 aliphatic heterocycles. The van der Waals surface area contributed by atoms with Crippen LogP contribution in [0.2, 0.25) is 0 Å². The number of morpholine rings is 1. The summed E-state index contributed by atoms with van der Waals surface area (Å²) >= 11 is 1.40. The first-order valence-corrected chi connectivity index (χ1v) is 10.8. The fourth-order valence-corrected chi connectivity index (χ4v) is 4.40. The number of amides is 4. The number of urea groups is 1. The number of imide groups is 1. The zero-order valence-electron chi connectivity index (χ0n) is 17.4. The lowest BCUT2D eigenvalue weighted by atomic mass is 10.1. The highest BCUT2D eigenvalue weighted by Gasteiger charge is 2.43. The summed E-state index contributed by atoms with van der Waals surface area (Å²) in [4.78, 5) is 44.1. The average Bonchev–Trinajstić information content (AvgIpc) is 3.10. The highest BCUT2D eigenvalue weighted by atomic mass is 32.1. The zero-order valence-corrected chi connectivity index (χ0v) is 18.2. The molecule has 0 aliphatic carbocycles. The summed E-state index contributed by atoms with van der Waals surface area (Å²) < 4.78 is 5.74. The van der Waals surface area contributed by atoms with E-state index in [1.54, 1.807) is 13.8 Å². The van der Waals surface area contributed by atoms with E-state index < -0.39 is 11.6 Å². The highest BCUT2D eigenvalue weighted by Crippen LogP contribution is 2.20. The van der Waals surface area contributed by atoms with Gasteiger partial charge in [-0.1, -0.05) is 0 Å². The molecule has 160 valence electrons. The first-order chi connectivity index (χ1) is 13.6. The van der Waals surface area contributed by atoms with Crippen LogP contribution in [0.25, 0.3) is 0 Å². The summed E-state index contributed by atoms with van der Waals surface area (Å²) in [5.74, 6) is -0.440. The van der Waals surface area contributed by atoms with Gasteiger partial charge < -0.3 is 15.4 Å². The molecule has 3 heterocycles. The van der Waals surface area contributed by atoms with Gasteiger partial charge in [-0.05, 0) is 34.1 Å². The summed E-state index contributed by atoms with van der Waals surface area (Å²) in [6.45, 7) is 10.1. The van der Waals surface area contributed by atoms with E-state index in [0.717, 1.165) is 25.3 Å². The maximum Gasteiger partial charge on any atom is 0.325 e. The number of carbonyl (C=O) groups is 3. The normalized spacial score (nSPS) is 24.6. The van der Waals surface area contributed by atoms with E-state index in [1.165, 1.54) is 16.2 Å². The van der Waals surface area contributed by atoms with E-state index in [1.807, 2.05) is 5.38 Å². The smallest absolute Gasteiger partial charge is 0.325 e. The van der Waals surface area contributed by atoms with Crippen molar-refractivity contribution in [2.24, 2.45) is 0 Å². The van der Waals surface area contributed by atoms with Gasteiger partial charge in [-0.3, -0.25) is 19.4 Å². The minimum absolute atomic E-state index is 0.175.